The Bertz CT molecular complexity index is 467. The first-order chi connectivity index (χ1) is 9.72. The third kappa shape index (κ3) is 3.69. The van der Waals surface area contributed by atoms with E-state index < -0.39 is 0 Å². The molecular weight excluding hydrogens is 266 g/mol. The lowest BCUT2D eigenvalue weighted by Crippen LogP contribution is -2.42. The van der Waals surface area contributed by atoms with Gasteiger partial charge in [0.15, 0.2) is 5.96 Å². The molecule has 110 valence electrons. The van der Waals surface area contributed by atoms with Gasteiger partial charge in [0, 0.05) is 31.3 Å². The third-order valence-corrected chi connectivity index (χ3v) is 4.60. The van der Waals surface area contributed by atoms with Crippen LogP contribution in [0.1, 0.15) is 24.0 Å². The van der Waals surface area contributed by atoms with Crippen molar-refractivity contribution in [3.8, 4) is 0 Å². The van der Waals surface area contributed by atoms with E-state index in [0.29, 0.717) is 5.41 Å². The van der Waals surface area contributed by atoms with Gasteiger partial charge in [0.2, 0.25) is 0 Å². The Balaban J connectivity index is 1.91. The normalized spacial score (nSPS) is 16.9. The van der Waals surface area contributed by atoms with Crippen molar-refractivity contribution in [1.29, 1.82) is 0 Å². The highest BCUT2D eigenvalue weighted by Gasteiger charge is 2.44. The number of thioether (sulfide) groups is 1. The van der Waals surface area contributed by atoms with Gasteiger partial charge in [-0.2, -0.15) is 11.8 Å². The topological polar surface area (TPSA) is 36.4 Å². The lowest BCUT2D eigenvalue weighted by molar-refractivity contribution is 0.644. The van der Waals surface area contributed by atoms with E-state index in [1.807, 2.05) is 18.8 Å². The molecule has 1 aromatic carbocycles. The van der Waals surface area contributed by atoms with Crippen molar-refractivity contribution >= 4 is 17.7 Å². The van der Waals surface area contributed by atoms with Crippen LogP contribution in [0.4, 0.5) is 0 Å². The van der Waals surface area contributed by atoms with E-state index in [9.17, 15) is 0 Å². The molecule has 0 saturated heterocycles. The van der Waals surface area contributed by atoms with Crippen LogP contribution in [0.5, 0.6) is 0 Å². The Morgan fingerprint density at radius 2 is 2.05 bits per heavy atom. The summed E-state index contributed by atoms with van der Waals surface area (Å²) in [5.41, 5.74) is 3.21. The van der Waals surface area contributed by atoms with Crippen molar-refractivity contribution in [2.24, 2.45) is 4.99 Å². The molecule has 20 heavy (non-hydrogen) atoms. The van der Waals surface area contributed by atoms with Gasteiger partial charge >= 0.3 is 0 Å². The van der Waals surface area contributed by atoms with Crippen LogP contribution in [-0.2, 0) is 5.41 Å². The second-order valence-corrected chi connectivity index (χ2v) is 6.43. The van der Waals surface area contributed by atoms with Crippen LogP contribution in [0.25, 0.3) is 0 Å². The SMILES string of the molecule is CN=C(NCCSC)NCC1(c2ccccc2C)CC1. The molecule has 0 aromatic heterocycles. The van der Waals surface area contributed by atoms with Gasteiger partial charge in [0.1, 0.15) is 0 Å². The molecule has 1 aromatic rings. The summed E-state index contributed by atoms with van der Waals surface area (Å²) in [5.74, 6) is 2.02. The first kappa shape index (κ1) is 15.2. The van der Waals surface area contributed by atoms with Gasteiger partial charge < -0.3 is 10.6 Å². The number of nitrogens with zero attached hydrogens (tertiary/aromatic N) is 1. The van der Waals surface area contributed by atoms with Gasteiger partial charge in [0.25, 0.3) is 0 Å². The van der Waals surface area contributed by atoms with Crippen LogP contribution in [0.15, 0.2) is 29.3 Å². The van der Waals surface area contributed by atoms with Gasteiger partial charge in [-0.25, -0.2) is 0 Å². The number of aliphatic imine (C=N–C) groups is 1. The summed E-state index contributed by atoms with van der Waals surface area (Å²) < 4.78 is 0. The molecule has 1 fully saturated rings. The fraction of sp³-hybridized carbons (Fsp3) is 0.562. The zero-order valence-corrected chi connectivity index (χ0v) is 13.5. The average molecular weight is 291 g/mol. The molecule has 4 heteroatoms. The molecule has 0 spiro atoms. The molecule has 0 bridgehead atoms. The highest BCUT2D eigenvalue weighted by atomic mass is 32.2. The van der Waals surface area contributed by atoms with Gasteiger partial charge in [-0.1, -0.05) is 24.3 Å². The summed E-state index contributed by atoms with van der Waals surface area (Å²) in [5, 5.41) is 6.84. The highest BCUT2D eigenvalue weighted by molar-refractivity contribution is 7.98. The van der Waals surface area contributed by atoms with E-state index in [4.69, 9.17) is 0 Å². The summed E-state index contributed by atoms with van der Waals surface area (Å²) in [6, 6.07) is 8.74. The minimum atomic E-state index is 0.322. The van der Waals surface area contributed by atoms with Gasteiger partial charge in [-0.3, -0.25) is 4.99 Å². The number of aryl methyl sites for hydroxylation is 1. The number of hydrogen-bond donors (Lipinski definition) is 2. The van der Waals surface area contributed by atoms with E-state index in [1.165, 1.54) is 24.0 Å². The molecule has 0 aliphatic heterocycles. The van der Waals surface area contributed by atoms with E-state index in [2.05, 4.69) is 53.1 Å². The van der Waals surface area contributed by atoms with Crippen molar-refractivity contribution in [2.75, 3.05) is 32.1 Å². The number of rotatable bonds is 6. The lowest BCUT2D eigenvalue weighted by Gasteiger charge is -2.20. The van der Waals surface area contributed by atoms with Crippen molar-refractivity contribution in [3.63, 3.8) is 0 Å². The van der Waals surface area contributed by atoms with Crippen LogP contribution < -0.4 is 10.6 Å². The first-order valence-corrected chi connectivity index (χ1v) is 8.61. The molecule has 3 nitrogen and oxygen atoms in total. The van der Waals surface area contributed by atoms with Crippen LogP contribution in [0.3, 0.4) is 0 Å². The van der Waals surface area contributed by atoms with Crippen LogP contribution in [0, 0.1) is 6.92 Å². The predicted octanol–water partition coefficient (Wildman–Crippen LogP) is 2.55. The van der Waals surface area contributed by atoms with Crippen molar-refractivity contribution in [2.45, 2.75) is 25.2 Å². The molecule has 2 rings (SSSR count). The molecule has 0 amide bonds. The molecular formula is C16H25N3S. The average Bonchev–Trinajstić information content (AvgIpc) is 3.24. The smallest absolute Gasteiger partial charge is 0.191 e. The van der Waals surface area contributed by atoms with Gasteiger partial charge in [0.05, 0.1) is 0 Å². The number of hydrogen-bond acceptors (Lipinski definition) is 2. The molecule has 0 unspecified atom stereocenters. The maximum absolute atomic E-state index is 4.29. The van der Waals surface area contributed by atoms with E-state index >= 15 is 0 Å². The Morgan fingerprint density at radius 3 is 2.65 bits per heavy atom. The third-order valence-electron chi connectivity index (χ3n) is 3.99. The Kier molecular flexibility index (Phi) is 5.35. The van der Waals surface area contributed by atoms with Crippen molar-refractivity contribution in [1.82, 2.24) is 10.6 Å². The molecule has 1 saturated carbocycles. The fourth-order valence-corrected chi connectivity index (χ4v) is 2.91. The first-order valence-electron chi connectivity index (χ1n) is 7.21. The molecule has 1 aliphatic rings. The summed E-state index contributed by atoms with van der Waals surface area (Å²) in [6.07, 6.45) is 4.66. The highest BCUT2D eigenvalue weighted by Crippen LogP contribution is 2.48. The molecule has 0 heterocycles. The quantitative estimate of drug-likeness (QED) is 0.480. The zero-order valence-electron chi connectivity index (χ0n) is 12.7. The molecule has 1 aliphatic carbocycles. The standard InChI is InChI=1S/C16H25N3S/c1-13-6-4-5-7-14(13)16(8-9-16)12-19-15(17-2)18-10-11-20-3/h4-7H,8-12H2,1-3H3,(H2,17,18,19). The maximum Gasteiger partial charge on any atom is 0.191 e. The number of nitrogens with one attached hydrogen (secondary N) is 2. The van der Waals surface area contributed by atoms with Crippen molar-refractivity contribution < 1.29 is 0 Å². The predicted molar refractivity (Wildman–Crippen MR) is 89.8 cm³/mol. The van der Waals surface area contributed by atoms with E-state index in [-0.39, 0.29) is 0 Å². The Labute approximate surface area is 126 Å². The van der Waals surface area contributed by atoms with Crippen LogP contribution >= 0.6 is 11.8 Å². The fourth-order valence-electron chi connectivity index (χ4n) is 2.61. The number of guanidine groups is 1. The second kappa shape index (κ2) is 7.02. The summed E-state index contributed by atoms with van der Waals surface area (Å²) in [6.45, 7) is 4.13. The zero-order chi connectivity index (χ0) is 14.4. The minimum absolute atomic E-state index is 0.322. The maximum atomic E-state index is 4.29. The summed E-state index contributed by atoms with van der Waals surface area (Å²) >= 11 is 1.84. The van der Waals surface area contributed by atoms with Gasteiger partial charge in [-0.05, 0) is 37.1 Å². The second-order valence-electron chi connectivity index (χ2n) is 5.44. The Morgan fingerprint density at radius 1 is 1.30 bits per heavy atom. The minimum Gasteiger partial charge on any atom is -0.356 e. The lowest BCUT2D eigenvalue weighted by atomic mass is 9.92. The molecule has 0 radical (unpaired) electrons. The molecule has 0 atom stereocenters. The van der Waals surface area contributed by atoms with Gasteiger partial charge in [-0.15, -0.1) is 0 Å². The monoisotopic (exact) mass is 291 g/mol. The van der Waals surface area contributed by atoms with Crippen LogP contribution in [-0.4, -0.2) is 38.1 Å². The van der Waals surface area contributed by atoms with Crippen molar-refractivity contribution in [3.05, 3.63) is 35.4 Å². The summed E-state index contributed by atoms with van der Waals surface area (Å²) in [7, 11) is 1.84. The summed E-state index contributed by atoms with van der Waals surface area (Å²) in [4.78, 5) is 4.29. The van der Waals surface area contributed by atoms with E-state index in [1.54, 1.807) is 0 Å². The van der Waals surface area contributed by atoms with E-state index in [0.717, 1.165) is 24.8 Å². The number of benzene rings is 1. The Hall–Kier alpha value is -1.16. The molecule has 2 N–H and O–H groups in total. The largest absolute Gasteiger partial charge is 0.356 e. The van der Waals surface area contributed by atoms with Crippen LogP contribution in [0.2, 0.25) is 0 Å².